The van der Waals surface area contributed by atoms with Gasteiger partial charge in [0.15, 0.2) is 0 Å². The van der Waals surface area contributed by atoms with Crippen LogP contribution in [0.15, 0.2) is 12.3 Å². The van der Waals surface area contributed by atoms with Crippen molar-refractivity contribution in [2.24, 2.45) is 0 Å². The summed E-state index contributed by atoms with van der Waals surface area (Å²) >= 11 is 11.0. The molecule has 1 aromatic rings. The molecule has 0 aliphatic carbocycles. The van der Waals surface area contributed by atoms with Crippen LogP contribution in [0.5, 0.6) is 0 Å². The monoisotopic (exact) mass is 243 g/mol. The van der Waals surface area contributed by atoms with Crippen molar-refractivity contribution in [3.05, 3.63) is 28.5 Å². The number of hydrogen-bond donors (Lipinski definition) is 1. The van der Waals surface area contributed by atoms with E-state index in [0.29, 0.717) is 17.9 Å². The Morgan fingerprint density at radius 1 is 1.60 bits per heavy atom. The molecule has 0 aromatic carbocycles. The molecule has 5 heteroatoms. The highest BCUT2D eigenvalue weighted by Gasteiger charge is 2.09. The highest BCUT2D eigenvalue weighted by molar-refractivity contribution is 6.32. The van der Waals surface area contributed by atoms with Crippen molar-refractivity contribution in [1.82, 2.24) is 4.98 Å². The first-order chi connectivity index (χ1) is 7.15. The summed E-state index contributed by atoms with van der Waals surface area (Å²) < 4.78 is 0. The zero-order chi connectivity index (χ0) is 11.3. The van der Waals surface area contributed by atoms with Crippen molar-refractivity contribution in [1.29, 1.82) is 0 Å². The quantitative estimate of drug-likeness (QED) is 0.493. The number of pyridine rings is 1. The van der Waals surface area contributed by atoms with Crippen LogP contribution in [0.25, 0.3) is 0 Å². The molecule has 1 aromatic heterocycles. The summed E-state index contributed by atoms with van der Waals surface area (Å²) in [5, 5.41) is 8.73. The number of carboxylic acid groups (broad SMARTS) is 1. The van der Waals surface area contributed by atoms with Gasteiger partial charge in [-0.05, 0) is 6.07 Å². The van der Waals surface area contributed by atoms with E-state index in [0.717, 1.165) is 0 Å². The van der Waals surface area contributed by atoms with Gasteiger partial charge < -0.3 is 5.11 Å². The van der Waals surface area contributed by atoms with Crippen molar-refractivity contribution in [3.8, 4) is 11.8 Å². The van der Waals surface area contributed by atoms with E-state index in [1.54, 1.807) is 0 Å². The molecule has 0 aliphatic rings. The van der Waals surface area contributed by atoms with Crippen LogP contribution >= 0.6 is 23.2 Å². The van der Waals surface area contributed by atoms with Crippen molar-refractivity contribution in [2.45, 2.75) is 6.42 Å². The summed E-state index contributed by atoms with van der Waals surface area (Å²) in [5.74, 6) is 4.86. The number of carboxylic acids is 1. The minimum Gasteiger partial charge on any atom is -0.478 e. The third-order valence-corrected chi connectivity index (χ3v) is 2.01. The van der Waals surface area contributed by atoms with E-state index >= 15 is 0 Å². The lowest BCUT2D eigenvalue weighted by molar-refractivity contribution is 0.0696. The normalized spacial score (nSPS) is 9.20. The summed E-state index contributed by atoms with van der Waals surface area (Å²) in [4.78, 5) is 14.4. The van der Waals surface area contributed by atoms with Gasteiger partial charge in [0.1, 0.15) is 5.15 Å². The van der Waals surface area contributed by atoms with Gasteiger partial charge in [0.25, 0.3) is 0 Å². The van der Waals surface area contributed by atoms with Crippen LogP contribution in [0, 0.1) is 11.8 Å². The highest BCUT2D eigenvalue weighted by atomic mass is 35.5. The molecule has 0 radical (unpaired) electrons. The Balaban J connectivity index is 2.99. The number of alkyl halides is 1. The average molecular weight is 244 g/mol. The first-order valence-corrected chi connectivity index (χ1v) is 5.00. The van der Waals surface area contributed by atoms with Crippen molar-refractivity contribution in [2.75, 3.05) is 5.88 Å². The van der Waals surface area contributed by atoms with Gasteiger partial charge in [0.2, 0.25) is 0 Å². The molecule has 15 heavy (non-hydrogen) atoms. The van der Waals surface area contributed by atoms with Crippen LogP contribution < -0.4 is 0 Å². The van der Waals surface area contributed by atoms with E-state index in [4.69, 9.17) is 28.3 Å². The third-order valence-electron chi connectivity index (χ3n) is 1.52. The summed E-state index contributed by atoms with van der Waals surface area (Å²) in [5.41, 5.74) is 0.469. The Bertz CT molecular complexity index is 435. The second-order valence-electron chi connectivity index (χ2n) is 2.61. The van der Waals surface area contributed by atoms with E-state index in [9.17, 15) is 4.79 Å². The summed E-state index contributed by atoms with van der Waals surface area (Å²) in [7, 11) is 0. The molecule has 0 aliphatic heterocycles. The number of rotatable bonds is 2. The average Bonchev–Trinajstić information content (AvgIpc) is 2.20. The van der Waals surface area contributed by atoms with Crippen LogP contribution in [0.4, 0.5) is 0 Å². The largest absolute Gasteiger partial charge is 0.478 e. The minimum atomic E-state index is -1.12. The molecule has 0 atom stereocenters. The second-order valence-corrected chi connectivity index (χ2v) is 3.34. The lowest BCUT2D eigenvalue weighted by Gasteiger charge is -1.97. The maximum Gasteiger partial charge on any atom is 0.338 e. The smallest absolute Gasteiger partial charge is 0.338 e. The van der Waals surface area contributed by atoms with Crippen molar-refractivity contribution >= 4 is 29.2 Å². The fraction of sp³-hybridized carbons (Fsp3) is 0.200. The van der Waals surface area contributed by atoms with Crippen molar-refractivity contribution < 1.29 is 9.90 Å². The molecular formula is C10H7Cl2NO2. The van der Waals surface area contributed by atoms with Crippen LogP contribution in [0.3, 0.4) is 0 Å². The number of hydrogen-bond acceptors (Lipinski definition) is 2. The number of halogens is 2. The Morgan fingerprint density at radius 3 is 2.93 bits per heavy atom. The summed E-state index contributed by atoms with van der Waals surface area (Å²) in [6, 6.07) is 1.39. The van der Waals surface area contributed by atoms with Crippen LogP contribution in [-0.4, -0.2) is 21.9 Å². The van der Waals surface area contributed by atoms with E-state index in [1.165, 1.54) is 12.3 Å². The standard InChI is InChI=1S/C10H7Cl2NO2/c11-4-2-1-3-7-5-8(10(14)15)9(12)13-6-7/h5-6H,2,4H2,(H,14,15). The molecule has 0 unspecified atom stereocenters. The molecule has 1 rings (SSSR count). The molecule has 3 nitrogen and oxygen atoms in total. The Hall–Kier alpha value is -1.24. The van der Waals surface area contributed by atoms with Gasteiger partial charge in [-0.2, -0.15) is 0 Å². The molecule has 1 heterocycles. The first kappa shape index (κ1) is 11.8. The summed E-state index contributed by atoms with van der Waals surface area (Å²) in [6.45, 7) is 0. The fourth-order valence-electron chi connectivity index (χ4n) is 0.878. The predicted molar refractivity (Wildman–Crippen MR) is 58.4 cm³/mol. The molecule has 0 saturated carbocycles. The van der Waals surface area contributed by atoms with Crippen LogP contribution in [0.2, 0.25) is 5.15 Å². The molecule has 0 fully saturated rings. The minimum absolute atomic E-state index is 0.0367. The first-order valence-electron chi connectivity index (χ1n) is 4.09. The third kappa shape index (κ3) is 3.43. The van der Waals surface area contributed by atoms with Gasteiger partial charge in [-0.3, -0.25) is 0 Å². The number of nitrogens with zero attached hydrogens (tertiary/aromatic N) is 1. The van der Waals surface area contributed by atoms with E-state index < -0.39 is 5.97 Å². The number of aromatic nitrogens is 1. The van der Waals surface area contributed by atoms with Gasteiger partial charge in [0, 0.05) is 24.1 Å². The molecule has 0 bridgehead atoms. The van der Waals surface area contributed by atoms with Gasteiger partial charge in [-0.15, -0.1) is 11.6 Å². The van der Waals surface area contributed by atoms with Crippen LogP contribution in [-0.2, 0) is 0 Å². The van der Waals surface area contributed by atoms with Gasteiger partial charge in [-0.25, -0.2) is 9.78 Å². The van der Waals surface area contributed by atoms with Crippen LogP contribution in [0.1, 0.15) is 22.3 Å². The zero-order valence-electron chi connectivity index (χ0n) is 7.63. The lowest BCUT2D eigenvalue weighted by Crippen LogP contribution is -1.99. The van der Waals surface area contributed by atoms with E-state index in [-0.39, 0.29) is 10.7 Å². The molecule has 0 spiro atoms. The van der Waals surface area contributed by atoms with Crippen molar-refractivity contribution in [3.63, 3.8) is 0 Å². The van der Waals surface area contributed by atoms with E-state index in [2.05, 4.69) is 16.8 Å². The highest BCUT2D eigenvalue weighted by Crippen LogP contribution is 2.13. The molecule has 1 N–H and O–H groups in total. The number of carbonyl (C=O) groups is 1. The maximum absolute atomic E-state index is 10.7. The SMILES string of the molecule is O=C(O)c1cc(C#CCCCl)cnc1Cl. The zero-order valence-corrected chi connectivity index (χ0v) is 9.14. The second kappa shape index (κ2) is 5.59. The number of aromatic carboxylic acids is 1. The molecule has 0 saturated heterocycles. The molecule has 0 amide bonds. The maximum atomic E-state index is 10.7. The van der Waals surface area contributed by atoms with Gasteiger partial charge in [-0.1, -0.05) is 23.4 Å². The van der Waals surface area contributed by atoms with E-state index in [1.807, 2.05) is 0 Å². The molecular weight excluding hydrogens is 237 g/mol. The Kier molecular flexibility index (Phi) is 4.41. The topological polar surface area (TPSA) is 50.2 Å². The Labute approximate surface area is 97.0 Å². The van der Waals surface area contributed by atoms with Gasteiger partial charge in [0.05, 0.1) is 5.56 Å². The fourth-order valence-corrected chi connectivity index (χ4v) is 1.16. The summed E-state index contributed by atoms with van der Waals surface area (Å²) in [6.07, 6.45) is 1.97. The lowest BCUT2D eigenvalue weighted by atomic mass is 10.2. The Morgan fingerprint density at radius 2 is 2.33 bits per heavy atom. The van der Waals surface area contributed by atoms with Gasteiger partial charge >= 0.3 is 5.97 Å². The molecule has 78 valence electrons. The predicted octanol–water partition coefficient (Wildman–Crippen LogP) is 2.41.